The molecule has 0 aliphatic carbocycles. The van der Waals surface area contributed by atoms with Gasteiger partial charge in [0.1, 0.15) is 0 Å². The molecule has 1 aliphatic heterocycles. The first-order valence-electron chi connectivity index (χ1n) is 6.53. The predicted octanol–water partition coefficient (Wildman–Crippen LogP) is 0.607. The van der Waals surface area contributed by atoms with Crippen LogP contribution in [0.4, 0.5) is 0 Å². The number of hydrogen-bond donors (Lipinski definition) is 1. The van der Waals surface area contributed by atoms with Crippen LogP contribution in [0.25, 0.3) is 0 Å². The van der Waals surface area contributed by atoms with Crippen LogP contribution in [0.2, 0.25) is 0 Å². The molecule has 5 nitrogen and oxygen atoms in total. The van der Waals surface area contributed by atoms with Gasteiger partial charge in [0.15, 0.2) is 0 Å². The van der Waals surface area contributed by atoms with Crippen LogP contribution in [-0.4, -0.2) is 51.2 Å². The minimum Gasteiger partial charge on any atom is -0.396 e. The van der Waals surface area contributed by atoms with Crippen LogP contribution < -0.4 is 0 Å². The fraction of sp³-hybridized carbons (Fsp3) is 0.833. The molecule has 0 radical (unpaired) electrons. The first-order chi connectivity index (χ1) is 8.31. The maximum Gasteiger partial charge on any atom is 0.0857 e. The smallest absolute Gasteiger partial charge is 0.0857 e. The summed E-state index contributed by atoms with van der Waals surface area (Å²) >= 11 is 0. The van der Waals surface area contributed by atoms with Crippen molar-refractivity contribution in [2.75, 3.05) is 26.2 Å². The maximum absolute atomic E-state index is 8.81. The van der Waals surface area contributed by atoms with E-state index in [1.54, 1.807) is 0 Å². The van der Waals surface area contributed by atoms with E-state index in [0.717, 1.165) is 37.3 Å². The van der Waals surface area contributed by atoms with E-state index in [4.69, 9.17) is 5.11 Å². The van der Waals surface area contributed by atoms with E-state index in [1.165, 1.54) is 25.9 Å². The van der Waals surface area contributed by atoms with E-state index in [0.29, 0.717) is 0 Å². The summed E-state index contributed by atoms with van der Waals surface area (Å²) in [6.45, 7) is 6.74. The zero-order chi connectivity index (χ0) is 12.1. The second-order valence-corrected chi connectivity index (χ2v) is 4.72. The summed E-state index contributed by atoms with van der Waals surface area (Å²) in [7, 11) is 0. The minimum atomic E-state index is 0.222. The van der Waals surface area contributed by atoms with E-state index in [-0.39, 0.29) is 6.61 Å². The molecule has 1 N–H and O–H groups in total. The van der Waals surface area contributed by atoms with Crippen molar-refractivity contribution in [2.24, 2.45) is 0 Å². The van der Waals surface area contributed by atoms with Gasteiger partial charge in [0.25, 0.3) is 0 Å². The molecule has 0 aromatic carbocycles. The van der Waals surface area contributed by atoms with Crippen molar-refractivity contribution in [1.82, 2.24) is 19.9 Å². The molecule has 96 valence electrons. The van der Waals surface area contributed by atoms with Gasteiger partial charge in [-0.1, -0.05) is 5.21 Å². The van der Waals surface area contributed by atoms with Crippen molar-refractivity contribution in [1.29, 1.82) is 0 Å². The van der Waals surface area contributed by atoms with Crippen molar-refractivity contribution >= 4 is 0 Å². The molecule has 0 amide bonds. The van der Waals surface area contributed by atoms with Crippen molar-refractivity contribution in [3.8, 4) is 0 Å². The molecule has 1 aromatic rings. The second kappa shape index (κ2) is 6.12. The zero-order valence-electron chi connectivity index (χ0n) is 10.6. The largest absolute Gasteiger partial charge is 0.396 e. The van der Waals surface area contributed by atoms with Crippen LogP contribution in [0.1, 0.15) is 30.7 Å². The number of aryl methyl sites for hydroxylation is 1. The van der Waals surface area contributed by atoms with Crippen LogP contribution in [0.3, 0.4) is 0 Å². The normalized spacial score (nSPS) is 16.8. The SMILES string of the molecule is Cc1c(CCCO)nnn1CCN1CCCC1. The Morgan fingerprint density at radius 2 is 2.00 bits per heavy atom. The first kappa shape index (κ1) is 12.5. The van der Waals surface area contributed by atoms with Crippen LogP contribution >= 0.6 is 0 Å². The summed E-state index contributed by atoms with van der Waals surface area (Å²) < 4.78 is 1.99. The summed E-state index contributed by atoms with van der Waals surface area (Å²) in [6.07, 6.45) is 4.26. The molecular formula is C12H22N4O. The van der Waals surface area contributed by atoms with E-state index in [2.05, 4.69) is 22.1 Å². The summed E-state index contributed by atoms with van der Waals surface area (Å²) in [5.74, 6) is 0. The average Bonchev–Trinajstić information content (AvgIpc) is 2.95. The lowest BCUT2D eigenvalue weighted by Gasteiger charge is -2.14. The highest BCUT2D eigenvalue weighted by Crippen LogP contribution is 2.09. The number of likely N-dealkylation sites (tertiary alicyclic amines) is 1. The fourth-order valence-electron chi connectivity index (χ4n) is 2.33. The number of aromatic nitrogens is 3. The highest BCUT2D eigenvalue weighted by atomic mass is 16.2. The Balaban J connectivity index is 1.85. The molecule has 1 aliphatic rings. The molecule has 0 atom stereocenters. The third-order valence-electron chi connectivity index (χ3n) is 3.48. The quantitative estimate of drug-likeness (QED) is 0.789. The lowest BCUT2D eigenvalue weighted by atomic mass is 10.2. The molecule has 5 heteroatoms. The Morgan fingerprint density at radius 1 is 1.24 bits per heavy atom. The summed E-state index contributed by atoms with van der Waals surface area (Å²) in [5, 5.41) is 17.2. The van der Waals surface area contributed by atoms with Crippen molar-refractivity contribution < 1.29 is 5.11 Å². The van der Waals surface area contributed by atoms with Gasteiger partial charge in [-0.25, -0.2) is 4.68 Å². The first-order valence-corrected chi connectivity index (χ1v) is 6.53. The standard InChI is InChI=1S/C12H22N4O/c1-11-12(5-4-10-17)13-14-16(11)9-8-15-6-2-3-7-15/h17H,2-10H2,1H3. The molecule has 2 heterocycles. The van der Waals surface area contributed by atoms with Crippen molar-refractivity contribution in [3.63, 3.8) is 0 Å². The Labute approximate surface area is 102 Å². The van der Waals surface area contributed by atoms with Gasteiger partial charge < -0.3 is 10.0 Å². The Hall–Kier alpha value is -0.940. The van der Waals surface area contributed by atoms with Gasteiger partial charge in [0.05, 0.1) is 17.9 Å². The van der Waals surface area contributed by atoms with E-state index in [1.807, 2.05) is 4.68 Å². The molecule has 1 fully saturated rings. The molecule has 1 aromatic heterocycles. The Kier molecular flexibility index (Phi) is 4.50. The van der Waals surface area contributed by atoms with E-state index in [9.17, 15) is 0 Å². The number of rotatable bonds is 6. The van der Waals surface area contributed by atoms with Gasteiger partial charge in [-0.2, -0.15) is 0 Å². The van der Waals surface area contributed by atoms with E-state index >= 15 is 0 Å². The van der Waals surface area contributed by atoms with Crippen LogP contribution in [0, 0.1) is 6.92 Å². The van der Waals surface area contributed by atoms with Crippen LogP contribution in [0.5, 0.6) is 0 Å². The van der Waals surface area contributed by atoms with Gasteiger partial charge in [-0.15, -0.1) is 5.10 Å². The van der Waals surface area contributed by atoms with E-state index < -0.39 is 0 Å². The molecular weight excluding hydrogens is 216 g/mol. The highest BCUT2D eigenvalue weighted by molar-refractivity contribution is 5.07. The third-order valence-corrected chi connectivity index (χ3v) is 3.48. The van der Waals surface area contributed by atoms with Crippen molar-refractivity contribution in [2.45, 2.75) is 39.2 Å². The topological polar surface area (TPSA) is 54.2 Å². The van der Waals surface area contributed by atoms with Gasteiger partial charge in [0, 0.05) is 13.2 Å². The van der Waals surface area contributed by atoms with Crippen LogP contribution in [-0.2, 0) is 13.0 Å². The lowest BCUT2D eigenvalue weighted by Crippen LogP contribution is -2.24. The number of aliphatic hydroxyl groups is 1. The average molecular weight is 238 g/mol. The zero-order valence-corrected chi connectivity index (χ0v) is 10.6. The highest BCUT2D eigenvalue weighted by Gasteiger charge is 2.13. The lowest BCUT2D eigenvalue weighted by molar-refractivity contribution is 0.288. The van der Waals surface area contributed by atoms with Gasteiger partial charge in [-0.05, 0) is 45.7 Å². The molecule has 0 bridgehead atoms. The second-order valence-electron chi connectivity index (χ2n) is 4.72. The molecule has 17 heavy (non-hydrogen) atoms. The molecule has 0 unspecified atom stereocenters. The maximum atomic E-state index is 8.81. The summed E-state index contributed by atoms with van der Waals surface area (Å²) in [5.41, 5.74) is 2.18. The molecule has 2 rings (SSSR count). The Morgan fingerprint density at radius 3 is 2.71 bits per heavy atom. The Bertz CT molecular complexity index is 344. The predicted molar refractivity (Wildman–Crippen MR) is 65.8 cm³/mol. The molecule has 1 saturated heterocycles. The molecule has 0 spiro atoms. The van der Waals surface area contributed by atoms with Gasteiger partial charge in [0.2, 0.25) is 0 Å². The molecule has 0 saturated carbocycles. The van der Waals surface area contributed by atoms with Crippen molar-refractivity contribution in [3.05, 3.63) is 11.4 Å². The summed E-state index contributed by atoms with van der Waals surface area (Å²) in [6, 6.07) is 0. The minimum absolute atomic E-state index is 0.222. The van der Waals surface area contributed by atoms with Gasteiger partial charge in [-0.3, -0.25) is 0 Å². The third kappa shape index (κ3) is 3.26. The van der Waals surface area contributed by atoms with Crippen LogP contribution in [0.15, 0.2) is 0 Å². The summed E-state index contributed by atoms with van der Waals surface area (Å²) in [4.78, 5) is 2.48. The number of aliphatic hydroxyl groups excluding tert-OH is 1. The number of nitrogens with zero attached hydrogens (tertiary/aromatic N) is 4. The van der Waals surface area contributed by atoms with Gasteiger partial charge >= 0.3 is 0 Å². The monoisotopic (exact) mass is 238 g/mol. The fourth-order valence-corrected chi connectivity index (χ4v) is 2.33. The number of hydrogen-bond acceptors (Lipinski definition) is 4.